The molecule has 2 N–H and O–H groups in total. The number of carbonyl (C=O) groups is 1. The number of amides is 1. The minimum atomic E-state index is 0.160. The second kappa shape index (κ2) is 6.97. The van der Waals surface area contributed by atoms with Crippen molar-refractivity contribution in [2.45, 2.75) is 38.6 Å². The van der Waals surface area contributed by atoms with Crippen LogP contribution in [0.5, 0.6) is 0 Å². The van der Waals surface area contributed by atoms with Gasteiger partial charge in [-0.05, 0) is 44.0 Å². The Labute approximate surface area is 131 Å². The van der Waals surface area contributed by atoms with Gasteiger partial charge in [-0.1, -0.05) is 25.1 Å². The van der Waals surface area contributed by atoms with Crippen LogP contribution >= 0.6 is 0 Å². The maximum absolute atomic E-state index is 12.1. The molecule has 1 fully saturated rings. The van der Waals surface area contributed by atoms with E-state index in [-0.39, 0.29) is 5.91 Å². The summed E-state index contributed by atoms with van der Waals surface area (Å²) in [5, 5.41) is 4.33. The van der Waals surface area contributed by atoms with Gasteiger partial charge in [0.05, 0.1) is 0 Å². The number of hydrogen-bond donors (Lipinski definition) is 2. The number of nitrogens with zero attached hydrogens (tertiary/aromatic N) is 1. The van der Waals surface area contributed by atoms with E-state index in [4.69, 9.17) is 0 Å². The molecule has 1 amide bonds. The Balaban J connectivity index is 1.48. The Morgan fingerprint density at radius 2 is 2.27 bits per heavy atom. The van der Waals surface area contributed by atoms with Crippen molar-refractivity contribution in [3.63, 3.8) is 0 Å². The highest BCUT2D eigenvalue weighted by Gasteiger charge is 2.22. The lowest BCUT2D eigenvalue weighted by atomic mass is 10.1. The molecule has 4 heteroatoms. The number of para-hydroxylation sites is 1. The number of benzene rings is 1. The predicted molar refractivity (Wildman–Crippen MR) is 89.9 cm³/mol. The number of H-pyrrole nitrogens is 1. The van der Waals surface area contributed by atoms with E-state index >= 15 is 0 Å². The van der Waals surface area contributed by atoms with Gasteiger partial charge in [0, 0.05) is 36.1 Å². The van der Waals surface area contributed by atoms with E-state index in [1.807, 2.05) is 18.3 Å². The quantitative estimate of drug-likeness (QED) is 0.861. The zero-order valence-corrected chi connectivity index (χ0v) is 13.3. The molecule has 1 aliphatic rings. The van der Waals surface area contributed by atoms with E-state index < -0.39 is 0 Å². The van der Waals surface area contributed by atoms with Gasteiger partial charge in [-0.25, -0.2) is 0 Å². The molecule has 1 aromatic carbocycles. The Bertz CT molecular complexity index is 634. The van der Waals surface area contributed by atoms with Crippen LogP contribution in [-0.2, 0) is 11.2 Å². The Hall–Kier alpha value is -1.81. The van der Waals surface area contributed by atoms with Crippen molar-refractivity contribution in [2.75, 3.05) is 19.6 Å². The van der Waals surface area contributed by atoms with Gasteiger partial charge in [0.2, 0.25) is 5.91 Å². The zero-order chi connectivity index (χ0) is 15.4. The fourth-order valence-corrected chi connectivity index (χ4v) is 3.45. The van der Waals surface area contributed by atoms with Crippen LogP contribution in [0.2, 0.25) is 0 Å². The molecule has 118 valence electrons. The number of carbonyl (C=O) groups excluding carboxylic acids is 1. The standard InChI is InChI=1S/C18H25N3O/c1-2-21-11-5-6-15(21)13-20-18(22)10-9-14-12-19-17-8-4-3-7-16(14)17/h3-4,7-8,12,15,19H,2,5-6,9-11,13H2,1H3,(H,20,22). The third-order valence-corrected chi connectivity index (χ3v) is 4.74. The van der Waals surface area contributed by atoms with Gasteiger partial charge in [0.15, 0.2) is 0 Å². The SMILES string of the molecule is CCN1CCCC1CNC(=O)CCc1c[nH]c2ccccc12. The zero-order valence-electron chi connectivity index (χ0n) is 13.3. The van der Waals surface area contributed by atoms with Crippen LogP contribution < -0.4 is 5.32 Å². The Morgan fingerprint density at radius 1 is 1.41 bits per heavy atom. The first-order chi connectivity index (χ1) is 10.8. The molecule has 2 heterocycles. The van der Waals surface area contributed by atoms with Crippen LogP contribution in [0.3, 0.4) is 0 Å². The van der Waals surface area contributed by atoms with Gasteiger partial charge in [-0.2, -0.15) is 0 Å². The molecule has 22 heavy (non-hydrogen) atoms. The van der Waals surface area contributed by atoms with Gasteiger partial charge in [-0.3, -0.25) is 9.69 Å². The molecule has 0 aliphatic carbocycles. The van der Waals surface area contributed by atoms with Gasteiger partial charge in [0.25, 0.3) is 0 Å². The normalized spacial score (nSPS) is 18.9. The van der Waals surface area contributed by atoms with Crippen molar-refractivity contribution in [3.8, 4) is 0 Å². The third kappa shape index (κ3) is 3.33. The van der Waals surface area contributed by atoms with Crippen molar-refractivity contribution in [3.05, 3.63) is 36.0 Å². The van der Waals surface area contributed by atoms with Crippen molar-refractivity contribution in [1.29, 1.82) is 0 Å². The molecule has 0 spiro atoms. The van der Waals surface area contributed by atoms with Gasteiger partial charge in [-0.15, -0.1) is 0 Å². The molecule has 4 nitrogen and oxygen atoms in total. The van der Waals surface area contributed by atoms with Gasteiger partial charge in [0.1, 0.15) is 0 Å². The second-order valence-corrected chi connectivity index (χ2v) is 6.09. The molecule has 2 aromatic rings. The van der Waals surface area contributed by atoms with E-state index in [9.17, 15) is 4.79 Å². The fourth-order valence-electron chi connectivity index (χ4n) is 3.45. The number of hydrogen-bond acceptors (Lipinski definition) is 2. The largest absolute Gasteiger partial charge is 0.361 e. The molecular weight excluding hydrogens is 274 g/mol. The van der Waals surface area contributed by atoms with Gasteiger partial charge >= 0.3 is 0 Å². The Kier molecular flexibility index (Phi) is 4.78. The summed E-state index contributed by atoms with van der Waals surface area (Å²) in [6.07, 6.45) is 5.83. The molecule has 0 saturated carbocycles. The number of aromatic amines is 1. The number of likely N-dealkylation sites (N-methyl/N-ethyl adjacent to an activating group) is 1. The first-order valence-electron chi connectivity index (χ1n) is 8.33. The second-order valence-electron chi connectivity index (χ2n) is 6.09. The van der Waals surface area contributed by atoms with Crippen LogP contribution in [0, 0.1) is 0 Å². The summed E-state index contributed by atoms with van der Waals surface area (Å²) >= 11 is 0. The van der Waals surface area contributed by atoms with Crippen LogP contribution in [0.25, 0.3) is 10.9 Å². The lowest BCUT2D eigenvalue weighted by molar-refractivity contribution is -0.121. The van der Waals surface area contributed by atoms with Crippen molar-refractivity contribution in [1.82, 2.24) is 15.2 Å². The topological polar surface area (TPSA) is 48.1 Å². The molecule has 0 radical (unpaired) electrons. The monoisotopic (exact) mass is 299 g/mol. The molecule has 1 aromatic heterocycles. The van der Waals surface area contributed by atoms with E-state index in [0.717, 1.165) is 25.0 Å². The summed E-state index contributed by atoms with van der Waals surface area (Å²) in [5.74, 6) is 0.160. The van der Waals surface area contributed by atoms with E-state index in [2.05, 4.69) is 34.3 Å². The van der Waals surface area contributed by atoms with E-state index in [1.54, 1.807) is 0 Å². The minimum Gasteiger partial charge on any atom is -0.361 e. The summed E-state index contributed by atoms with van der Waals surface area (Å²) < 4.78 is 0. The van der Waals surface area contributed by atoms with Crippen LogP contribution in [0.4, 0.5) is 0 Å². The minimum absolute atomic E-state index is 0.160. The highest BCUT2D eigenvalue weighted by Crippen LogP contribution is 2.19. The number of likely N-dealkylation sites (tertiary alicyclic amines) is 1. The summed E-state index contributed by atoms with van der Waals surface area (Å²) in [5.41, 5.74) is 2.37. The predicted octanol–water partition coefficient (Wildman–Crippen LogP) is 2.70. The molecule has 3 rings (SSSR count). The molecule has 1 aliphatic heterocycles. The van der Waals surface area contributed by atoms with Crippen molar-refractivity contribution < 1.29 is 4.79 Å². The third-order valence-electron chi connectivity index (χ3n) is 4.74. The smallest absolute Gasteiger partial charge is 0.220 e. The Morgan fingerprint density at radius 3 is 3.14 bits per heavy atom. The summed E-state index contributed by atoms with van der Waals surface area (Å²) in [7, 11) is 0. The van der Waals surface area contributed by atoms with E-state index in [1.165, 1.54) is 30.3 Å². The van der Waals surface area contributed by atoms with Crippen molar-refractivity contribution in [2.24, 2.45) is 0 Å². The number of fused-ring (bicyclic) bond motifs is 1. The maximum atomic E-state index is 12.1. The summed E-state index contributed by atoms with van der Waals surface area (Å²) in [4.78, 5) is 17.8. The summed E-state index contributed by atoms with van der Waals surface area (Å²) in [6, 6.07) is 8.77. The average Bonchev–Trinajstić information content (AvgIpc) is 3.17. The number of rotatable bonds is 6. The van der Waals surface area contributed by atoms with Crippen LogP contribution in [0.1, 0.15) is 31.7 Å². The van der Waals surface area contributed by atoms with E-state index in [0.29, 0.717) is 12.5 Å². The molecule has 0 bridgehead atoms. The molecule has 1 unspecified atom stereocenters. The van der Waals surface area contributed by atoms with Crippen molar-refractivity contribution >= 4 is 16.8 Å². The number of aromatic nitrogens is 1. The highest BCUT2D eigenvalue weighted by atomic mass is 16.1. The lowest BCUT2D eigenvalue weighted by Crippen LogP contribution is -2.40. The molecular formula is C18H25N3O. The van der Waals surface area contributed by atoms with Crippen LogP contribution in [-0.4, -0.2) is 41.5 Å². The van der Waals surface area contributed by atoms with Crippen LogP contribution in [0.15, 0.2) is 30.5 Å². The first kappa shape index (κ1) is 15.1. The first-order valence-corrected chi connectivity index (χ1v) is 8.33. The lowest BCUT2D eigenvalue weighted by Gasteiger charge is -2.22. The maximum Gasteiger partial charge on any atom is 0.220 e. The molecule has 1 saturated heterocycles. The fraction of sp³-hybridized carbons (Fsp3) is 0.500. The molecule has 1 atom stereocenters. The number of nitrogens with one attached hydrogen (secondary N) is 2. The number of aryl methyl sites for hydroxylation is 1. The highest BCUT2D eigenvalue weighted by molar-refractivity contribution is 5.84. The summed E-state index contributed by atoms with van der Waals surface area (Å²) in [6.45, 7) is 5.24. The van der Waals surface area contributed by atoms with Gasteiger partial charge < -0.3 is 10.3 Å². The average molecular weight is 299 g/mol.